The summed E-state index contributed by atoms with van der Waals surface area (Å²) in [7, 11) is 0. The van der Waals surface area contributed by atoms with E-state index in [0.29, 0.717) is 19.7 Å². The van der Waals surface area contributed by atoms with Gasteiger partial charge in [-0.2, -0.15) is 13.2 Å². The number of alkyl halides is 3. The number of aromatic nitrogens is 2. The smallest absolute Gasteiger partial charge is 0.475 e. The zero-order valence-corrected chi connectivity index (χ0v) is 20.2. The van der Waals surface area contributed by atoms with Crippen molar-refractivity contribution in [2.45, 2.75) is 19.2 Å². The number of hydrogen-bond donors (Lipinski definition) is 1. The molecule has 0 aromatic carbocycles. The standard InChI is InChI=1S/C21H24N4O3S.C2HF3O2/c1-15-5-6-18(29-15)21(26)24-9-12-28-17(14-24)16-13-25-19(22-16)3-2-4-20(25)23-7-10-27-11-8-23;3-2(4,5)1(6)7/h2-6,13,17H,7-12,14H2,1H3;(H,6,7). The first-order valence-corrected chi connectivity index (χ1v) is 12.0. The molecule has 2 saturated heterocycles. The number of carboxylic acid groups (broad SMARTS) is 1. The number of imidazole rings is 1. The first-order chi connectivity index (χ1) is 17.1. The quantitative estimate of drug-likeness (QED) is 0.559. The van der Waals surface area contributed by atoms with Gasteiger partial charge in [0.15, 0.2) is 0 Å². The molecule has 5 rings (SSSR count). The summed E-state index contributed by atoms with van der Waals surface area (Å²) in [4.78, 5) is 32.7. The summed E-state index contributed by atoms with van der Waals surface area (Å²) in [6.07, 6.45) is -3.25. The van der Waals surface area contributed by atoms with Crippen molar-refractivity contribution in [1.29, 1.82) is 0 Å². The van der Waals surface area contributed by atoms with Gasteiger partial charge in [0.25, 0.3) is 5.91 Å². The fourth-order valence-electron chi connectivity index (χ4n) is 3.94. The van der Waals surface area contributed by atoms with E-state index in [2.05, 4.69) is 15.4 Å². The maximum absolute atomic E-state index is 12.9. The number of aryl methyl sites for hydroxylation is 1. The van der Waals surface area contributed by atoms with Gasteiger partial charge >= 0.3 is 12.1 Å². The molecule has 1 N–H and O–H groups in total. The Morgan fingerprint density at radius 2 is 1.83 bits per heavy atom. The first-order valence-electron chi connectivity index (χ1n) is 11.2. The molecule has 0 spiro atoms. The van der Waals surface area contributed by atoms with E-state index < -0.39 is 12.1 Å². The summed E-state index contributed by atoms with van der Waals surface area (Å²) in [5.41, 5.74) is 1.76. The Balaban J connectivity index is 0.000000384. The molecule has 2 aliphatic heterocycles. The van der Waals surface area contributed by atoms with Crippen LogP contribution in [0.4, 0.5) is 19.0 Å². The SMILES string of the molecule is Cc1ccc(C(=O)N2CCOC(c3cn4c(N5CCOCC5)cccc4n3)C2)s1.O=C(O)C(F)(F)F. The van der Waals surface area contributed by atoms with Crippen LogP contribution in [0.2, 0.25) is 0 Å². The Bertz CT molecular complexity index is 1220. The fraction of sp³-hybridized carbons (Fsp3) is 0.435. The third-order valence-corrected chi connectivity index (χ3v) is 6.69. The van der Waals surface area contributed by atoms with E-state index in [-0.39, 0.29) is 12.0 Å². The summed E-state index contributed by atoms with van der Waals surface area (Å²) < 4.78 is 45.3. The van der Waals surface area contributed by atoms with Crippen LogP contribution in [0.3, 0.4) is 0 Å². The lowest BCUT2D eigenvalue weighted by atomic mass is 10.2. The molecule has 1 unspecified atom stereocenters. The molecule has 194 valence electrons. The molecular formula is C23H25F3N4O5S. The number of carboxylic acids is 1. The second-order valence-corrected chi connectivity index (χ2v) is 9.49. The van der Waals surface area contributed by atoms with Crippen LogP contribution in [0.25, 0.3) is 5.65 Å². The zero-order chi connectivity index (χ0) is 25.9. The number of anilines is 1. The Hall–Kier alpha value is -3.16. The number of halogens is 3. The normalized spacial score (nSPS) is 18.6. The average Bonchev–Trinajstić information content (AvgIpc) is 3.50. The van der Waals surface area contributed by atoms with Crippen LogP contribution in [0.1, 0.15) is 26.3 Å². The predicted molar refractivity (Wildman–Crippen MR) is 126 cm³/mol. The van der Waals surface area contributed by atoms with E-state index in [4.69, 9.17) is 24.4 Å². The van der Waals surface area contributed by atoms with Crippen molar-refractivity contribution in [3.05, 3.63) is 52.0 Å². The second-order valence-electron chi connectivity index (χ2n) is 8.20. The highest BCUT2D eigenvalue weighted by Gasteiger charge is 2.38. The summed E-state index contributed by atoms with van der Waals surface area (Å²) in [6.45, 7) is 6.89. The van der Waals surface area contributed by atoms with Gasteiger partial charge in [0.1, 0.15) is 17.6 Å². The van der Waals surface area contributed by atoms with Crippen LogP contribution >= 0.6 is 11.3 Å². The fourth-order valence-corrected chi connectivity index (χ4v) is 4.77. The highest BCUT2D eigenvalue weighted by molar-refractivity contribution is 7.13. The number of aliphatic carboxylic acids is 1. The molecule has 0 bridgehead atoms. The van der Waals surface area contributed by atoms with E-state index in [1.807, 2.05) is 42.3 Å². The summed E-state index contributed by atoms with van der Waals surface area (Å²) in [6, 6.07) is 10.1. The van der Waals surface area contributed by atoms with Gasteiger partial charge in [-0.1, -0.05) is 6.07 Å². The minimum absolute atomic E-state index is 0.0779. The number of carbonyl (C=O) groups excluding carboxylic acids is 1. The Morgan fingerprint density at radius 3 is 2.47 bits per heavy atom. The summed E-state index contributed by atoms with van der Waals surface area (Å²) in [5, 5.41) is 7.12. The van der Waals surface area contributed by atoms with Crippen LogP contribution in [0.5, 0.6) is 0 Å². The molecule has 1 atom stereocenters. The predicted octanol–water partition coefficient (Wildman–Crippen LogP) is 3.39. The van der Waals surface area contributed by atoms with Gasteiger partial charge in [-0.15, -0.1) is 11.3 Å². The average molecular weight is 527 g/mol. The number of morpholine rings is 2. The highest BCUT2D eigenvalue weighted by Crippen LogP contribution is 2.27. The largest absolute Gasteiger partial charge is 0.490 e. The van der Waals surface area contributed by atoms with Gasteiger partial charge in [-0.05, 0) is 31.2 Å². The number of rotatable bonds is 3. The van der Waals surface area contributed by atoms with E-state index in [9.17, 15) is 18.0 Å². The van der Waals surface area contributed by atoms with Gasteiger partial charge in [0.05, 0.1) is 36.9 Å². The molecule has 0 radical (unpaired) electrons. The molecule has 3 aromatic rings. The molecule has 13 heteroatoms. The van der Waals surface area contributed by atoms with E-state index in [1.165, 1.54) is 0 Å². The molecule has 2 aliphatic rings. The van der Waals surface area contributed by atoms with Crippen molar-refractivity contribution >= 4 is 34.7 Å². The number of carbonyl (C=O) groups is 2. The highest BCUT2D eigenvalue weighted by atomic mass is 32.1. The molecule has 5 heterocycles. The number of pyridine rings is 1. The van der Waals surface area contributed by atoms with Gasteiger partial charge in [0.2, 0.25) is 0 Å². The lowest BCUT2D eigenvalue weighted by Gasteiger charge is -2.32. The number of fused-ring (bicyclic) bond motifs is 1. The third kappa shape index (κ3) is 5.97. The maximum atomic E-state index is 12.9. The number of hydrogen-bond acceptors (Lipinski definition) is 7. The van der Waals surface area contributed by atoms with Gasteiger partial charge in [0, 0.05) is 30.7 Å². The van der Waals surface area contributed by atoms with E-state index in [1.54, 1.807) is 11.3 Å². The van der Waals surface area contributed by atoms with Crippen LogP contribution in [0, 0.1) is 6.92 Å². The molecule has 3 aromatic heterocycles. The number of thiophene rings is 1. The Kier molecular flexibility index (Phi) is 7.81. The van der Waals surface area contributed by atoms with Gasteiger partial charge in [-0.3, -0.25) is 9.20 Å². The van der Waals surface area contributed by atoms with Crippen molar-refractivity contribution in [2.24, 2.45) is 0 Å². The number of nitrogens with zero attached hydrogens (tertiary/aromatic N) is 4. The lowest BCUT2D eigenvalue weighted by molar-refractivity contribution is -0.192. The van der Waals surface area contributed by atoms with E-state index in [0.717, 1.165) is 53.2 Å². The first kappa shape index (κ1) is 25.9. The monoisotopic (exact) mass is 526 g/mol. The second kappa shape index (κ2) is 10.8. The molecule has 36 heavy (non-hydrogen) atoms. The number of ether oxygens (including phenoxy) is 2. The number of amides is 1. The van der Waals surface area contributed by atoms with Crippen LogP contribution in [0.15, 0.2) is 36.5 Å². The van der Waals surface area contributed by atoms with E-state index >= 15 is 0 Å². The Labute approximate surface area is 208 Å². The van der Waals surface area contributed by atoms with Crippen molar-refractivity contribution < 1.29 is 37.3 Å². The minimum Gasteiger partial charge on any atom is -0.475 e. The van der Waals surface area contributed by atoms with Crippen LogP contribution < -0.4 is 4.90 Å². The lowest BCUT2D eigenvalue weighted by Crippen LogP contribution is -2.42. The molecule has 1 amide bonds. The molecule has 9 nitrogen and oxygen atoms in total. The minimum atomic E-state index is -5.08. The molecule has 0 aliphatic carbocycles. The Morgan fingerprint density at radius 1 is 1.11 bits per heavy atom. The third-order valence-electron chi connectivity index (χ3n) is 5.70. The topological polar surface area (TPSA) is 96.6 Å². The summed E-state index contributed by atoms with van der Waals surface area (Å²) in [5.74, 6) is -1.57. The van der Waals surface area contributed by atoms with Crippen LogP contribution in [-0.2, 0) is 14.3 Å². The van der Waals surface area contributed by atoms with Crippen molar-refractivity contribution in [2.75, 3.05) is 50.9 Å². The summed E-state index contributed by atoms with van der Waals surface area (Å²) >= 11 is 1.54. The zero-order valence-electron chi connectivity index (χ0n) is 19.4. The van der Waals surface area contributed by atoms with Crippen molar-refractivity contribution in [3.8, 4) is 0 Å². The van der Waals surface area contributed by atoms with Gasteiger partial charge in [-0.25, -0.2) is 9.78 Å². The molecule has 2 fully saturated rings. The van der Waals surface area contributed by atoms with Crippen molar-refractivity contribution in [1.82, 2.24) is 14.3 Å². The maximum Gasteiger partial charge on any atom is 0.490 e. The van der Waals surface area contributed by atoms with Crippen molar-refractivity contribution in [3.63, 3.8) is 0 Å². The van der Waals surface area contributed by atoms with Gasteiger partial charge < -0.3 is 24.4 Å². The van der Waals surface area contributed by atoms with Crippen LogP contribution in [-0.4, -0.2) is 83.4 Å². The molecule has 0 saturated carbocycles. The molecular weight excluding hydrogens is 501 g/mol.